The number of anilines is 3. The first-order valence-electron chi connectivity index (χ1n) is 4.23. The van der Waals surface area contributed by atoms with Crippen molar-refractivity contribution in [2.75, 3.05) is 29.1 Å². The summed E-state index contributed by atoms with van der Waals surface area (Å²) in [5.74, 6) is 0.880. The Morgan fingerprint density at radius 1 is 1.15 bits per heavy atom. The monoisotopic (exact) mass is 197 g/mol. The van der Waals surface area contributed by atoms with Gasteiger partial charge in [-0.1, -0.05) is 0 Å². The third-order valence-corrected chi connectivity index (χ3v) is 1.96. The van der Waals surface area contributed by atoms with Crippen molar-refractivity contribution >= 4 is 29.7 Å². The Kier molecular flexibility index (Phi) is 3.76. The summed E-state index contributed by atoms with van der Waals surface area (Å²) in [5, 5.41) is 3.22. The Hall–Kier alpha value is -1.03. The largest absolute Gasteiger partial charge is 0.399 e. The highest BCUT2D eigenvalue weighted by Gasteiger charge is 1.94. The maximum atomic E-state index is 5.63. The van der Waals surface area contributed by atoms with E-state index in [0.717, 1.165) is 24.4 Å². The zero-order valence-electron chi connectivity index (χ0n) is 7.46. The molecule has 4 heteroatoms. The molecule has 0 heterocycles. The van der Waals surface area contributed by atoms with Crippen LogP contribution in [0.15, 0.2) is 18.2 Å². The lowest BCUT2D eigenvalue weighted by Crippen LogP contribution is -2.03. The van der Waals surface area contributed by atoms with Gasteiger partial charge in [-0.15, -0.1) is 0 Å². The van der Waals surface area contributed by atoms with Gasteiger partial charge in [0, 0.05) is 23.6 Å². The van der Waals surface area contributed by atoms with Crippen molar-refractivity contribution in [1.29, 1.82) is 0 Å². The number of benzene rings is 1. The maximum absolute atomic E-state index is 5.63. The molecule has 5 N–H and O–H groups in total. The third kappa shape index (κ3) is 3.46. The number of hydrogen-bond acceptors (Lipinski definition) is 4. The second-order valence-electron chi connectivity index (χ2n) is 2.89. The van der Waals surface area contributed by atoms with E-state index in [9.17, 15) is 0 Å². The van der Waals surface area contributed by atoms with E-state index >= 15 is 0 Å². The van der Waals surface area contributed by atoms with Crippen molar-refractivity contribution in [3.05, 3.63) is 18.2 Å². The van der Waals surface area contributed by atoms with Crippen LogP contribution < -0.4 is 16.8 Å². The normalized spacial score (nSPS) is 9.92. The summed E-state index contributed by atoms with van der Waals surface area (Å²) in [6.07, 6.45) is 1.03. The van der Waals surface area contributed by atoms with Crippen molar-refractivity contribution in [3.63, 3.8) is 0 Å². The summed E-state index contributed by atoms with van der Waals surface area (Å²) in [4.78, 5) is 0. The van der Waals surface area contributed by atoms with Crippen molar-refractivity contribution in [2.24, 2.45) is 0 Å². The summed E-state index contributed by atoms with van der Waals surface area (Å²) in [5.41, 5.74) is 13.6. The van der Waals surface area contributed by atoms with Crippen LogP contribution in [0.5, 0.6) is 0 Å². The molecule has 0 unspecified atom stereocenters. The molecule has 0 aliphatic heterocycles. The molecule has 72 valence electrons. The van der Waals surface area contributed by atoms with Gasteiger partial charge in [0.1, 0.15) is 0 Å². The van der Waals surface area contributed by atoms with Crippen LogP contribution in [0.3, 0.4) is 0 Å². The number of hydrogen-bond donors (Lipinski definition) is 4. The molecule has 13 heavy (non-hydrogen) atoms. The van der Waals surface area contributed by atoms with Gasteiger partial charge in [0.25, 0.3) is 0 Å². The SMILES string of the molecule is Nc1cc(N)cc(NCCCS)c1. The minimum atomic E-state index is 0.688. The van der Waals surface area contributed by atoms with Crippen LogP contribution in [-0.2, 0) is 0 Å². The average Bonchev–Trinajstić information content (AvgIpc) is 2.03. The van der Waals surface area contributed by atoms with Crippen molar-refractivity contribution < 1.29 is 0 Å². The van der Waals surface area contributed by atoms with Crippen molar-refractivity contribution in [3.8, 4) is 0 Å². The lowest BCUT2D eigenvalue weighted by atomic mass is 10.2. The van der Waals surface area contributed by atoms with Crippen LogP contribution in [0.25, 0.3) is 0 Å². The van der Waals surface area contributed by atoms with E-state index in [1.807, 2.05) is 12.1 Å². The Morgan fingerprint density at radius 2 is 1.77 bits per heavy atom. The molecule has 0 amide bonds. The minimum Gasteiger partial charge on any atom is -0.399 e. The van der Waals surface area contributed by atoms with Crippen molar-refractivity contribution in [1.82, 2.24) is 0 Å². The van der Waals surface area contributed by atoms with Crippen LogP contribution in [0, 0.1) is 0 Å². The highest BCUT2D eigenvalue weighted by molar-refractivity contribution is 7.80. The molecule has 0 aromatic heterocycles. The molecule has 1 aromatic carbocycles. The quantitative estimate of drug-likeness (QED) is 0.337. The number of nitrogen functional groups attached to an aromatic ring is 2. The molecular formula is C9H15N3S. The number of nitrogens with two attached hydrogens (primary N) is 2. The fourth-order valence-corrected chi connectivity index (χ4v) is 1.25. The zero-order valence-corrected chi connectivity index (χ0v) is 8.35. The van der Waals surface area contributed by atoms with Gasteiger partial charge in [-0.05, 0) is 30.4 Å². The average molecular weight is 197 g/mol. The summed E-state index contributed by atoms with van der Waals surface area (Å²) in [7, 11) is 0. The molecular weight excluding hydrogens is 182 g/mol. The maximum Gasteiger partial charge on any atom is 0.0381 e. The van der Waals surface area contributed by atoms with Crippen LogP contribution in [0.4, 0.5) is 17.1 Å². The second-order valence-corrected chi connectivity index (χ2v) is 3.34. The van der Waals surface area contributed by atoms with Gasteiger partial charge in [-0.2, -0.15) is 12.6 Å². The molecule has 0 fully saturated rings. The highest BCUT2D eigenvalue weighted by atomic mass is 32.1. The van der Waals surface area contributed by atoms with Gasteiger partial charge >= 0.3 is 0 Å². The van der Waals surface area contributed by atoms with Crippen LogP contribution >= 0.6 is 12.6 Å². The molecule has 1 rings (SSSR count). The molecule has 0 aliphatic carbocycles. The first kappa shape index (κ1) is 10.1. The van der Waals surface area contributed by atoms with Crippen LogP contribution in [-0.4, -0.2) is 12.3 Å². The highest BCUT2D eigenvalue weighted by Crippen LogP contribution is 2.17. The molecule has 3 nitrogen and oxygen atoms in total. The van der Waals surface area contributed by atoms with E-state index in [1.165, 1.54) is 0 Å². The van der Waals surface area contributed by atoms with Gasteiger partial charge in [-0.3, -0.25) is 0 Å². The van der Waals surface area contributed by atoms with Gasteiger partial charge in [0.05, 0.1) is 0 Å². The molecule has 0 saturated carbocycles. The van der Waals surface area contributed by atoms with Gasteiger partial charge in [0.2, 0.25) is 0 Å². The Bertz CT molecular complexity index is 255. The number of thiol groups is 1. The van der Waals surface area contributed by atoms with Crippen molar-refractivity contribution in [2.45, 2.75) is 6.42 Å². The van der Waals surface area contributed by atoms with Crippen LogP contribution in [0.2, 0.25) is 0 Å². The van der Waals surface area contributed by atoms with E-state index in [0.29, 0.717) is 11.4 Å². The molecule has 0 saturated heterocycles. The van der Waals surface area contributed by atoms with Gasteiger partial charge < -0.3 is 16.8 Å². The summed E-state index contributed by atoms with van der Waals surface area (Å²) < 4.78 is 0. The fraction of sp³-hybridized carbons (Fsp3) is 0.333. The molecule has 0 aliphatic rings. The zero-order chi connectivity index (χ0) is 9.68. The lowest BCUT2D eigenvalue weighted by Gasteiger charge is -2.07. The predicted octanol–water partition coefficient (Wildman–Crippen LogP) is 1.58. The Morgan fingerprint density at radius 3 is 2.31 bits per heavy atom. The molecule has 0 radical (unpaired) electrons. The standard InChI is InChI=1S/C9H15N3S/c10-7-4-8(11)6-9(5-7)12-2-1-3-13/h4-6,12-13H,1-3,10-11H2. The van der Waals surface area contributed by atoms with Gasteiger partial charge in [0.15, 0.2) is 0 Å². The first-order chi connectivity index (χ1) is 6.22. The van der Waals surface area contributed by atoms with Crippen LogP contribution in [0.1, 0.15) is 6.42 Å². The molecule has 0 bridgehead atoms. The van der Waals surface area contributed by atoms with E-state index in [1.54, 1.807) is 6.07 Å². The van der Waals surface area contributed by atoms with E-state index in [2.05, 4.69) is 17.9 Å². The van der Waals surface area contributed by atoms with E-state index < -0.39 is 0 Å². The van der Waals surface area contributed by atoms with E-state index in [4.69, 9.17) is 11.5 Å². The summed E-state index contributed by atoms with van der Waals surface area (Å²) in [6, 6.07) is 5.48. The topological polar surface area (TPSA) is 64.1 Å². The second kappa shape index (κ2) is 4.87. The predicted molar refractivity (Wildman–Crippen MR) is 62.2 cm³/mol. The fourth-order valence-electron chi connectivity index (χ4n) is 1.09. The van der Waals surface area contributed by atoms with Gasteiger partial charge in [-0.25, -0.2) is 0 Å². The smallest absolute Gasteiger partial charge is 0.0381 e. The minimum absolute atomic E-state index is 0.688. The summed E-state index contributed by atoms with van der Waals surface area (Å²) >= 11 is 4.12. The van der Waals surface area contributed by atoms with E-state index in [-0.39, 0.29) is 0 Å². The number of rotatable bonds is 4. The number of nitrogens with one attached hydrogen (secondary N) is 1. The lowest BCUT2D eigenvalue weighted by molar-refractivity contribution is 0.996. The molecule has 1 aromatic rings. The third-order valence-electron chi connectivity index (χ3n) is 1.64. The first-order valence-corrected chi connectivity index (χ1v) is 4.86. The molecule has 0 spiro atoms. The Labute approximate surface area is 83.9 Å². The molecule has 0 atom stereocenters. The summed E-state index contributed by atoms with van der Waals surface area (Å²) in [6.45, 7) is 0.895. The Balaban J connectivity index is 2.56.